The Morgan fingerprint density at radius 1 is 1.45 bits per heavy atom. The van der Waals surface area contributed by atoms with Crippen molar-refractivity contribution in [3.8, 4) is 0 Å². The van der Waals surface area contributed by atoms with Crippen LogP contribution in [-0.2, 0) is 0 Å². The topological polar surface area (TPSA) is 54.5 Å². The highest BCUT2D eigenvalue weighted by Crippen LogP contribution is 2.13. The van der Waals surface area contributed by atoms with Gasteiger partial charge in [-0.15, -0.1) is 0 Å². The Hall–Kier alpha value is -0.720. The lowest BCUT2D eigenvalue weighted by atomic mass is 10.3. The number of aryl methyl sites for hydroxylation is 1. The first kappa shape index (κ1) is 6.96. The average molecular weight is 260 g/mol. The van der Waals surface area contributed by atoms with Crippen molar-refractivity contribution in [1.29, 1.82) is 0 Å². The van der Waals surface area contributed by atoms with Crippen LogP contribution in [0.15, 0.2) is 6.07 Å². The number of nitrogens with one attached hydrogen (secondary N) is 1. The molecule has 0 atom stereocenters. The quantitative estimate of drug-likeness (QED) is 0.573. The zero-order chi connectivity index (χ0) is 7.84. The van der Waals surface area contributed by atoms with Gasteiger partial charge < -0.3 is 0 Å². The third-order valence-corrected chi connectivity index (χ3v) is 2.00. The van der Waals surface area contributed by atoms with Crippen molar-refractivity contribution in [3.05, 3.63) is 15.5 Å². The maximum absolute atomic E-state index is 4.24. The van der Waals surface area contributed by atoms with E-state index in [4.69, 9.17) is 0 Å². The monoisotopic (exact) mass is 260 g/mol. The second-order valence-corrected chi connectivity index (χ2v) is 3.33. The average Bonchev–Trinajstić information content (AvgIpc) is 2.34. The summed E-state index contributed by atoms with van der Waals surface area (Å²) in [7, 11) is 0. The molecule has 0 saturated carbocycles. The molecule has 0 aromatic carbocycles. The van der Waals surface area contributed by atoms with Gasteiger partial charge in [0.2, 0.25) is 0 Å². The predicted octanol–water partition coefficient (Wildman–Crippen LogP) is 1.27. The van der Waals surface area contributed by atoms with Crippen LogP contribution in [0.4, 0.5) is 0 Å². The van der Waals surface area contributed by atoms with Gasteiger partial charge in [-0.05, 0) is 35.6 Å². The Bertz CT molecular complexity index is 394. The molecule has 0 aliphatic carbocycles. The molecular formula is C6H5IN4. The SMILES string of the molecule is Cc1nc(I)cc2n[nH]nc12. The molecule has 2 aromatic heterocycles. The fraction of sp³-hybridized carbons (Fsp3) is 0.167. The maximum atomic E-state index is 4.24. The number of halogens is 1. The van der Waals surface area contributed by atoms with Crippen LogP contribution in [0.5, 0.6) is 0 Å². The van der Waals surface area contributed by atoms with Crippen molar-refractivity contribution < 1.29 is 0 Å². The summed E-state index contributed by atoms with van der Waals surface area (Å²) < 4.78 is 0.946. The van der Waals surface area contributed by atoms with E-state index in [1.165, 1.54) is 0 Å². The Labute approximate surface area is 76.5 Å². The molecule has 0 spiro atoms. The second kappa shape index (κ2) is 2.40. The molecular weight excluding hydrogens is 255 g/mol. The first-order valence-corrected chi connectivity index (χ1v) is 4.19. The standard InChI is InChI=1S/C6H5IN4/c1-3-6-4(9-11-10-6)2-5(7)8-3/h2H,1H3,(H,9,10,11). The number of hydrogen-bond acceptors (Lipinski definition) is 3. The number of rotatable bonds is 0. The lowest BCUT2D eigenvalue weighted by Gasteiger charge is -1.92. The molecule has 0 radical (unpaired) electrons. The fourth-order valence-corrected chi connectivity index (χ4v) is 1.62. The van der Waals surface area contributed by atoms with Gasteiger partial charge in [0.1, 0.15) is 14.7 Å². The first-order chi connectivity index (χ1) is 5.27. The van der Waals surface area contributed by atoms with Crippen LogP contribution in [0, 0.1) is 10.6 Å². The third kappa shape index (κ3) is 1.09. The van der Waals surface area contributed by atoms with Crippen LogP contribution in [0.2, 0.25) is 0 Å². The van der Waals surface area contributed by atoms with Gasteiger partial charge in [0.15, 0.2) is 0 Å². The molecule has 0 aliphatic rings. The maximum Gasteiger partial charge on any atom is 0.134 e. The zero-order valence-electron chi connectivity index (χ0n) is 5.80. The van der Waals surface area contributed by atoms with Crippen molar-refractivity contribution in [3.63, 3.8) is 0 Å². The molecule has 4 nitrogen and oxygen atoms in total. The minimum atomic E-state index is 0.852. The normalized spacial score (nSPS) is 10.7. The molecule has 11 heavy (non-hydrogen) atoms. The van der Waals surface area contributed by atoms with Crippen molar-refractivity contribution in [2.24, 2.45) is 0 Å². The highest BCUT2D eigenvalue weighted by molar-refractivity contribution is 14.1. The van der Waals surface area contributed by atoms with Crippen molar-refractivity contribution in [1.82, 2.24) is 20.4 Å². The largest absolute Gasteiger partial charge is 0.245 e. The second-order valence-electron chi connectivity index (χ2n) is 2.22. The molecule has 0 unspecified atom stereocenters. The molecule has 0 amide bonds. The lowest BCUT2D eigenvalue weighted by Crippen LogP contribution is -1.86. The molecule has 0 fully saturated rings. The van der Waals surface area contributed by atoms with Gasteiger partial charge in [-0.1, -0.05) is 0 Å². The highest BCUT2D eigenvalue weighted by atomic mass is 127. The Morgan fingerprint density at radius 3 is 3.09 bits per heavy atom. The minimum absolute atomic E-state index is 0.852. The van der Waals surface area contributed by atoms with Crippen LogP contribution in [0.3, 0.4) is 0 Å². The summed E-state index contributed by atoms with van der Waals surface area (Å²) in [6.45, 7) is 1.92. The number of hydrogen-bond donors (Lipinski definition) is 1. The van der Waals surface area contributed by atoms with E-state index in [-0.39, 0.29) is 0 Å². The smallest absolute Gasteiger partial charge is 0.134 e. The lowest BCUT2D eigenvalue weighted by molar-refractivity contribution is 0.957. The van der Waals surface area contributed by atoms with Crippen LogP contribution in [0.1, 0.15) is 5.69 Å². The molecule has 2 rings (SSSR count). The minimum Gasteiger partial charge on any atom is -0.245 e. The van der Waals surface area contributed by atoms with E-state index in [1.807, 2.05) is 13.0 Å². The summed E-state index contributed by atoms with van der Waals surface area (Å²) >= 11 is 2.16. The predicted molar refractivity (Wildman–Crippen MR) is 49.1 cm³/mol. The van der Waals surface area contributed by atoms with E-state index in [0.29, 0.717) is 0 Å². The van der Waals surface area contributed by atoms with E-state index in [2.05, 4.69) is 43.0 Å². The number of aromatic amines is 1. The molecule has 2 heterocycles. The Kier molecular flexibility index (Phi) is 1.52. The fourth-order valence-electron chi connectivity index (χ4n) is 0.964. The summed E-state index contributed by atoms with van der Waals surface area (Å²) in [5.74, 6) is 0. The van der Waals surface area contributed by atoms with Gasteiger partial charge in [0.05, 0.1) is 5.69 Å². The summed E-state index contributed by atoms with van der Waals surface area (Å²) in [5, 5.41) is 10.5. The van der Waals surface area contributed by atoms with Crippen molar-refractivity contribution in [2.75, 3.05) is 0 Å². The number of nitrogens with zero attached hydrogens (tertiary/aromatic N) is 3. The third-order valence-electron chi connectivity index (χ3n) is 1.45. The highest BCUT2D eigenvalue weighted by Gasteiger charge is 2.03. The molecule has 0 aliphatic heterocycles. The van der Waals surface area contributed by atoms with Crippen LogP contribution < -0.4 is 0 Å². The van der Waals surface area contributed by atoms with Gasteiger partial charge in [0.25, 0.3) is 0 Å². The molecule has 5 heteroatoms. The first-order valence-electron chi connectivity index (χ1n) is 3.11. The Balaban J connectivity index is 2.91. The van der Waals surface area contributed by atoms with E-state index >= 15 is 0 Å². The van der Waals surface area contributed by atoms with E-state index < -0.39 is 0 Å². The number of aromatic nitrogens is 4. The molecule has 0 saturated heterocycles. The summed E-state index contributed by atoms with van der Waals surface area (Å²) in [5.41, 5.74) is 2.65. The van der Waals surface area contributed by atoms with Gasteiger partial charge in [0, 0.05) is 0 Å². The van der Waals surface area contributed by atoms with Crippen LogP contribution >= 0.6 is 22.6 Å². The molecule has 56 valence electrons. The summed E-state index contributed by atoms with van der Waals surface area (Å²) in [4.78, 5) is 4.24. The van der Waals surface area contributed by atoms with Gasteiger partial charge in [-0.2, -0.15) is 15.4 Å². The number of pyridine rings is 1. The zero-order valence-corrected chi connectivity index (χ0v) is 7.95. The summed E-state index contributed by atoms with van der Waals surface area (Å²) in [6.07, 6.45) is 0. The number of H-pyrrole nitrogens is 1. The van der Waals surface area contributed by atoms with Gasteiger partial charge >= 0.3 is 0 Å². The molecule has 0 bridgehead atoms. The number of fused-ring (bicyclic) bond motifs is 1. The van der Waals surface area contributed by atoms with E-state index in [9.17, 15) is 0 Å². The molecule has 1 N–H and O–H groups in total. The Morgan fingerprint density at radius 2 is 2.27 bits per heavy atom. The van der Waals surface area contributed by atoms with Gasteiger partial charge in [-0.3, -0.25) is 0 Å². The van der Waals surface area contributed by atoms with Crippen LogP contribution in [-0.4, -0.2) is 20.4 Å². The van der Waals surface area contributed by atoms with E-state index in [1.54, 1.807) is 0 Å². The summed E-state index contributed by atoms with van der Waals surface area (Å²) in [6, 6.07) is 1.90. The van der Waals surface area contributed by atoms with E-state index in [0.717, 1.165) is 20.4 Å². The molecule has 2 aromatic rings. The van der Waals surface area contributed by atoms with Crippen molar-refractivity contribution in [2.45, 2.75) is 6.92 Å². The van der Waals surface area contributed by atoms with Crippen molar-refractivity contribution >= 4 is 33.6 Å². The van der Waals surface area contributed by atoms with Gasteiger partial charge in [-0.25, -0.2) is 4.98 Å². The van der Waals surface area contributed by atoms with Crippen LogP contribution in [0.25, 0.3) is 11.0 Å².